The molecule has 0 N–H and O–H groups in total. The molecule has 21 heavy (non-hydrogen) atoms. The Morgan fingerprint density at radius 2 is 1.86 bits per heavy atom. The number of rotatable bonds is 2. The van der Waals surface area contributed by atoms with Gasteiger partial charge in [0.05, 0.1) is 11.9 Å². The van der Waals surface area contributed by atoms with Crippen molar-refractivity contribution < 1.29 is 0 Å². The van der Waals surface area contributed by atoms with Gasteiger partial charge in [0.1, 0.15) is 15.8 Å². The molecule has 0 amide bonds. The Morgan fingerprint density at radius 3 is 2.52 bits per heavy atom. The standard InChI is InChI=1S/C16H22ClN3S/c1-9-6-5-7-10(2)20(9)8-13-18-15(17)14-11(3)12(4)21-16(14)19-13/h9-10H,5-8H2,1-4H3. The fraction of sp³-hybridized carbons (Fsp3) is 0.625. The first-order valence-electron chi connectivity index (χ1n) is 7.65. The van der Waals surface area contributed by atoms with Gasteiger partial charge in [0, 0.05) is 17.0 Å². The molecule has 1 aliphatic heterocycles. The summed E-state index contributed by atoms with van der Waals surface area (Å²) in [5, 5.41) is 1.64. The Kier molecular flexibility index (Phi) is 4.21. The highest BCUT2D eigenvalue weighted by molar-refractivity contribution is 7.18. The lowest BCUT2D eigenvalue weighted by atomic mass is 9.97. The minimum Gasteiger partial charge on any atom is -0.291 e. The molecule has 0 spiro atoms. The molecule has 2 unspecified atom stereocenters. The molecule has 0 aromatic carbocycles. The van der Waals surface area contributed by atoms with Crippen LogP contribution >= 0.6 is 22.9 Å². The zero-order valence-electron chi connectivity index (χ0n) is 13.1. The van der Waals surface area contributed by atoms with Gasteiger partial charge < -0.3 is 0 Å². The molecule has 1 aliphatic rings. The number of hydrogen-bond acceptors (Lipinski definition) is 4. The van der Waals surface area contributed by atoms with Crippen molar-refractivity contribution in [3.63, 3.8) is 0 Å². The predicted molar refractivity (Wildman–Crippen MR) is 90.2 cm³/mol. The largest absolute Gasteiger partial charge is 0.291 e. The molecule has 3 heterocycles. The van der Waals surface area contributed by atoms with Crippen LogP contribution in [0.25, 0.3) is 10.2 Å². The van der Waals surface area contributed by atoms with Crippen LogP contribution in [0.5, 0.6) is 0 Å². The second-order valence-electron chi connectivity index (χ2n) is 6.20. The van der Waals surface area contributed by atoms with E-state index in [0.717, 1.165) is 22.6 Å². The summed E-state index contributed by atoms with van der Waals surface area (Å²) < 4.78 is 0. The number of piperidine rings is 1. The molecule has 2 aromatic heterocycles. The minimum absolute atomic E-state index is 0.596. The molecular weight excluding hydrogens is 302 g/mol. The van der Waals surface area contributed by atoms with Crippen LogP contribution in [-0.4, -0.2) is 27.0 Å². The molecule has 0 radical (unpaired) electrons. The number of nitrogens with zero attached hydrogens (tertiary/aromatic N) is 3. The zero-order valence-corrected chi connectivity index (χ0v) is 14.7. The molecule has 5 heteroatoms. The van der Waals surface area contributed by atoms with Crippen LogP contribution in [0.2, 0.25) is 5.15 Å². The Morgan fingerprint density at radius 1 is 1.19 bits per heavy atom. The van der Waals surface area contributed by atoms with Crippen LogP contribution in [0.3, 0.4) is 0 Å². The van der Waals surface area contributed by atoms with Crippen molar-refractivity contribution in [3.8, 4) is 0 Å². The Balaban J connectivity index is 1.94. The Bertz CT molecular complexity index is 657. The summed E-state index contributed by atoms with van der Waals surface area (Å²) in [6, 6.07) is 1.19. The lowest BCUT2D eigenvalue weighted by Gasteiger charge is -2.38. The average Bonchev–Trinajstić information content (AvgIpc) is 2.70. The molecular formula is C16H22ClN3S. The number of thiophene rings is 1. The van der Waals surface area contributed by atoms with E-state index in [1.165, 1.54) is 29.7 Å². The van der Waals surface area contributed by atoms with E-state index in [1.807, 2.05) is 0 Å². The van der Waals surface area contributed by atoms with Crippen molar-refractivity contribution in [2.24, 2.45) is 0 Å². The van der Waals surface area contributed by atoms with Crippen molar-refractivity contribution in [1.82, 2.24) is 14.9 Å². The number of fused-ring (bicyclic) bond motifs is 1. The van der Waals surface area contributed by atoms with Gasteiger partial charge in [0.25, 0.3) is 0 Å². The lowest BCUT2D eigenvalue weighted by Crippen LogP contribution is -2.43. The van der Waals surface area contributed by atoms with E-state index >= 15 is 0 Å². The summed E-state index contributed by atoms with van der Waals surface area (Å²) in [6.45, 7) is 9.61. The van der Waals surface area contributed by atoms with Gasteiger partial charge in [-0.1, -0.05) is 18.0 Å². The maximum absolute atomic E-state index is 6.41. The Labute approximate surface area is 135 Å². The quantitative estimate of drug-likeness (QED) is 0.748. The van der Waals surface area contributed by atoms with Crippen molar-refractivity contribution in [1.29, 1.82) is 0 Å². The second-order valence-corrected chi connectivity index (χ2v) is 7.76. The van der Waals surface area contributed by atoms with E-state index in [4.69, 9.17) is 16.6 Å². The number of hydrogen-bond donors (Lipinski definition) is 0. The third kappa shape index (κ3) is 2.81. The van der Waals surface area contributed by atoms with Gasteiger partial charge in [-0.25, -0.2) is 9.97 Å². The van der Waals surface area contributed by atoms with Crippen LogP contribution in [0.4, 0.5) is 0 Å². The topological polar surface area (TPSA) is 29.0 Å². The highest BCUT2D eigenvalue weighted by Crippen LogP contribution is 2.33. The summed E-state index contributed by atoms with van der Waals surface area (Å²) in [5.74, 6) is 0.856. The molecule has 0 aliphatic carbocycles. The van der Waals surface area contributed by atoms with E-state index in [0.29, 0.717) is 17.2 Å². The van der Waals surface area contributed by atoms with E-state index < -0.39 is 0 Å². The molecule has 3 nitrogen and oxygen atoms in total. The summed E-state index contributed by atoms with van der Waals surface area (Å²) in [7, 11) is 0. The SMILES string of the molecule is Cc1sc2nc(CN3C(C)CCCC3C)nc(Cl)c2c1C. The molecule has 114 valence electrons. The van der Waals surface area contributed by atoms with Gasteiger partial charge >= 0.3 is 0 Å². The fourth-order valence-corrected chi connectivity index (χ4v) is 4.70. The van der Waals surface area contributed by atoms with Crippen LogP contribution < -0.4 is 0 Å². The first-order chi connectivity index (χ1) is 9.97. The van der Waals surface area contributed by atoms with E-state index in [-0.39, 0.29) is 0 Å². The highest BCUT2D eigenvalue weighted by atomic mass is 35.5. The third-order valence-electron chi connectivity index (χ3n) is 4.73. The van der Waals surface area contributed by atoms with Gasteiger partial charge in [0.2, 0.25) is 0 Å². The molecule has 0 saturated carbocycles. The van der Waals surface area contributed by atoms with Crippen molar-refractivity contribution in [2.75, 3.05) is 0 Å². The van der Waals surface area contributed by atoms with Crippen LogP contribution in [-0.2, 0) is 6.54 Å². The minimum atomic E-state index is 0.596. The summed E-state index contributed by atoms with van der Waals surface area (Å²) in [5.41, 5.74) is 1.21. The summed E-state index contributed by atoms with van der Waals surface area (Å²) in [4.78, 5) is 14.1. The Hall–Kier alpha value is -0.710. The number of aryl methyl sites for hydroxylation is 2. The van der Waals surface area contributed by atoms with Crippen LogP contribution in [0.1, 0.15) is 49.4 Å². The maximum Gasteiger partial charge on any atom is 0.145 e. The summed E-state index contributed by atoms with van der Waals surface area (Å²) >= 11 is 8.12. The first kappa shape index (κ1) is 15.2. The molecule has 1 saturated heterocycles. The molecule has 2 atom stereocenters. The van der Waals surface area contributed by atoms with Gasteiger partial charge in [0.15, 0.2) is 0 Å². The summed E-state index contributed by atoms with van der Waals surface area (Å²) in [6.07, 6.45) is 3.85. The van der Waals surface area contributed by atoms with E-state index in [1.54, 1.807) is 11.3 Å². The highest BCUT2D eigenvalue weighted by Gasteiger charge is 2.26. The smallest absolute Gasteiger partial charge is 0.145 e. The van der Waals surface area contributed by atoms with E-state index in [9.17, 15) is 0 Å². The van der Waals surface area contributed by atoms with Gasteiger partial charge in [-0.05, 0) is 46.1 Å². The van der Waals surface area contributed by atoms with Gasteiger partial charge in [-0.2, -0.15) is 0 Å². The predicted octanol–water partition coefficient (Wildman–Crippen LogP) is 4.72. The fourth-order valence-electron chi connectivity index (χ4n) is 3.26. The van der Waals surface area contributed by atoms with Crippen LogP contribution in [0, 0.1) is 13.8 Å². The number of likely N-dealkylation sites (tertiary alicyclic amines) is 1. The monoisotopic (exact) mass is 323 g/mol. The van der Waals surface area contributed by atoms with Gasteiger partial charge in [-0.15, -0.1) is 11.3 Å². The first-order valence-corrected chi connectivity index (χ1v) is 8.84. The zero-order chi connectivity index (χ0) is 15.1. The van der Waals surface area contributed by atoms with Crippen molar-refractivity contribution in [2.45, 2.75) is 65.6 Å². The van der Waals surface area contributed by atoms with Crippen molar-refractivity contribution >= 4 is 33.2 Å². The maximum atomic E-state index is 6.41. The molecule has 2 aromatic rings. The average molecular weight is 324 g/mol. The third-order valence-corrected chi connectivity index (χ3v) is 6.11. The van der Waals surface area contributed by atoms with Crippen molar-refractivity contribution in [3.05, 3.63) is 21.4 Å². The second kappa shape index (κ2) is 5.82. The van der Waals surface area contributed by atoms with E-state index in [2.05, 4.69) is 37.6 Å². The van der Waals surface area contributed by atoms with Gasteiger partial charge in [-0.3, -0.25) is 4.90 Å². The number of aromatic nitrogens is 2. The number of halogens is 1. The van der Waals surface area contributed by atoms with Crippen LogP contribution in [0.15, 0.2) is 0 Å². The lowest BCUT2D eigenvalue weighted by molar-refractivity contribution is 0.0924. The normalized spacial score (nSPS) is 23.9. The molecule has 1 fully saturated rings. The molecule has 0 bridgehead atoms. The molecule has 3 rings (SSSR count).